The van der Waals surface area contributed by atoms with E-state index in [1.807, 2.05) is 11.0 Å². The third-order valence-corrected chi connectivity index (χ3v) is 3.94. The van der Waals surface area contributed by atoms with Gasteiger partial charge in [-0.25, -0.2) is 0 Å². The number of nitrogens with one attached hydrogen (secondary N) is 1. The lowest BCUT2D eigenvalue weighted by atomic mass is 9.90. The molecule has 0 saturated carbocycles. The Morgan fingerprint density at radius 1 is 1.33 bits per heavy atom. The number of carbonyl (C=O) groups is 1. The summed E-state index contributed by atoms with van der Waals surface area (Å²) in [6, 6.07) is 8.32. The van der Waals surface area contributed by atoms with Gasteiger partial charge in [0.15, 0.2) is 0 Å². The molecule has 0 spiro atoms. The van der Waals surface area contributed by atoms with Crippen molar-refractivity contribution in [3.63, 3.8) is 0 Å². The Labute approximate surface area is 114 Å². The molecule has 98 valence electrons. The maximum Gasteiger partial charge on any atom is 0.232 e. The number of hydrogen-bond donors (Lipinski definition) is 1. The van der Waals surface area contributed by atoms with E-state index in [4.69, 9.17) is 0 Å². The lowest BCUT2D eigenvalue weighted by Crippen LogP contribution is -2.53. The van der Waals surface area contributed by atoms with E-state index in [0.29, 0.717) is 11.8 Å². The second-order valence-electron chi connectivity index (χ2n) is 5.09. The van der Waals surface area contributed by atoms with Gasteiger partial charge in [0.25, 0.3) is 0 Å². The number of hydrogen-bond acceptors (Lipinski definition) is 2. The second-order valence-corrected chi connectivity index (χ2v) is 5.09. The molecule has 1 N–H and O–H groups in total. The first-order chi connectivity index (χ1) is 8.27. The topological polar surface area (TPSA) is 32.3 Å². The van der Waals surface area contributed by atoms with Crippen LogP contribution in [0.25, 0.3) is 0 Å². The fourth-order valence-electron chi connectivity index (χ4n) is 2.66. The van der Waals surface area contributed by atoms with Gasteiger partial charge in [0.1, 0.15) is 0 Å². The van der Waals surface area contributed by atoms with Crippen molar-refractivity contribution in [2.75, 3.05) is 24.5 Å². The molecule has 2 heterocycles. The number of benzene rings is 1. The van der Waals surface area contributed by atoms with E-state index >= 15 is 0 Å². The van der Waals surface area contributed by atoms with Crippen molar-refractivity contribution < 1.29 is 4.79 Å². The number of anilines is 1. The Hall–Kier alpha value is -1.06. The minimum atomic E-state index is 0. The zero-order chi connectivity index (χ0) is 11.8. The normalized spacial score (nSPS) is 22.7. The van der Waals surface area contributed by atoms with Gasteiger partial charge in [-0.15, -0.1) is 12.4 Å². The Balaban J connectivity index is 0.00000120. The van der Waals surface area contributed by atoms with Crippen molar-refractivity contribution in [3.8, 4) is 0 Å². The van der Waals surface area contributed by atoms with Crippen LogP contribution in [0.5, 0.6) is 0 Å². The van der Waals surface area contributed by atoms with E-state index < -0.39 is 0 Å². The van der Waals surface area contributed by atoms with Gasteiger partial charge in [0.05, 0.1) is 5.92 Å². The monoisotopic (exact) mass is 266 g/mol. The molecule has 4 heteroatoms. The third kappa shape index (κ3) is 2.13. The molecule has 1 fully saturated rings. The van der Waals surface area contributed by atoms with E-state index in [9.17, 15) is 4.79 Å². The fourth-order valence-corrected chi connectivity index (χ4v) is 2.66. The van der Waals surface area contributed by atoms with Crippen LogP contribution in [0.2, 0.25) is 0 Å². The van der Waals surface area contributed by atoms with Gasteiger partial charge >= 0.3 is 0 Å². The molecular weight excluding hydrogens is 248 g/mol. The number of carbonyl (C=O) groups excluding carboxylic acids is 1. The Morgan fingerprint density at radius 2 is 2.06 bits per heavy atom. The molecule has 2 aliphatic rings. The summed E-state index contributed by atoms with van der Waals surface area (Å²) in [7, 11) is 0. The summed E-state index contributed by atoms with van der Waals surface area (Å²) in [5, 5.41) is 3.17. The van der Waals surface area contributed by atoms with Crippen molar-refractivity contribution in [2.24, 2.45) is 5.92 Å². The van der Waals surface area contributed by atoms with Gasteiger partial charge < -0.3 is 10.2 Å². The number of halogens is 1. The lowest BCUT2D eigenvalue weighted by Gasteiger charge is -2.37. The number of para-hydroxylation sites is 1. The van der Waals surface area contributed by atoms with Crippen molar-refractivity contribution in [3.05, 3.63) is 29.8 Å². The quantitative estimate of drug-likeness (QED) is 0.845. The predicted molar refractivity (Wildman–Crippen MR) is 75.4 cm³/mol. The zero-order valence-corrected chi connectivity index (χ0v) is 11.4. The average Bonchev–Trinajstić information content (AvgIpc) is 2.27. The third-order valence-electron chi connectivity index (χ3n) is 3.94. The van der Waals surface area contributed by atoms with Crippen molar-refractivity contribution in [2.45, 2.75) is 19.3 Å². The summed E-state index contributed by atoms with van der Waals surface area (Å²) in [5.74, 6) is 1.05. The highest BCUT2D eigenvalue weighted by molar-refractivity contribution is 5.97. The van der Waals surface area contributed by atoms with Gasteiger partial charge in [0, 0.05) is 25.3 Å². The highest BCUT2D eigenvalue weighted by Gasteiger charge is 2.33. The predicted octanol–water partition coefficient (Wildman–Crippen LogP) is 2.17. The van der Waals surface area contributed by atoms with E-state index in [1.54, 1.807) is 0 Å². The Morgan fingerprint density at radius 3 is 2.72 bits per heavy atom. The van der Waals surface area contributed by atoms with Crippen LogP contribution in [-0.4, -0.2) is 25.5 Å². The summed E-state index contributed by atoms with van der Waals surface area (Å²) >= 11 is 0. The molecule has 1 aromatic carbocycles. The van der Waals surface area contributed by atoms with Gasteiger partial charge in [-0.1, -0.05) is 25.1 Å². The van der Waals surface area contributed by atoms with Crippen LogP contribution in [0.15, 0.2) is 24.3 Å². The first-order valence-corrected chi connectivity index (χ1v) is 6.38. The van der Waals surface area contributed by atoms with Crippen LogP contribution < -0.4 is 10.2 Å². The molecule has 1 saturated heterocycles. The van der Waals surface area contributed by atoms with Crippen LogP contribution in [0.1, 0.15) is 24.8 Å². The highest BCUT2D eigenvalue weighted by atomic mass is 35.5. The summed E-state index contributed by atoms with van der Waals surface area (Å²) in [5.41, 5.74) is 2.45. The first-order valence-electron chi connectivity index (χ1n) is 6.38. The minimum absolute atomic E-state index is 0. The first kappa shape index (κ1) is 13.4. The average molecular weight is 267 g/mol. The second kappa shape index (κ2) is 5.29. The van der Waals surface area contributed by atoms with Crippen molar-refractivity contribution in [1.29, 1.82) is 0 Å². The number of amides is 1. The van der Waals surface area contributed by atoms with Crippen molar-refractivity contribution >= 4 is 24.0 Å². The zero-order valence-electron chi connectivity index (χ0n) is 10.6. The SMILES string of the molecule is CC1CCN(C(=O)C2CNC2)c2ccccc21.Cl. The number of nitrogens with zero attached hydrogens (tertiary/aromatic N) is 1. The smallest absolute Gasteiger partial charge is 0.232 e. The fraction of sp³-hybridized carbons (Fsp3) is 0.500. The molecule has 1 atom stereocenters. The Bertz CT molecular complexity index is 445. The molecule has 1 unspecified atom stereocenters. The van der Waals surface area contributed by atoms with E-state index in [2.05, 4.69) is 30.4 Å². The Kier molecular flexibility index (Phi) is 3.93. The van der Waals surface area contributed by atoms with Gasteiger partial charge in [-0.3, -0.25) is 4.79 Å². The van der Waals surface area contributed by atoms with E-state index in [0.717, 1.165) is 31.7 Å². The molecule has 0 aliphatic carbocycles. The molecule has 0 aromatic heterocycles. The summed E-state index contributed by atoms with van der Waals surface area (Å²) in [6.45, 7) is 4.79. The largest absolute Gasteiger partial charge is 0.315 e. The molecule has 0 radical (unpaired) electrons. The molecule has 18 heavy (non-hydrogen) atoms. The van der Waals surface area contributed by atoms with Crippen LogP contribution in [-0.2, 0) is 4.79 Å². The van der Waals surface area contributed by atoms with Gasteiger partial charge in [-0.05, 0) is 24.0 Å². The molecule has 1 aromatic rings. The summed E-state index contributed by atoms with van der Waals surface area (Å²) < 4.78 is 0. The minimum Gasteiger partial charge on any atom is -0.315 e. The maximum absolute atomic E-state index is 12.3. The van der Waals surface area contributed by atoms with Gasteiger partial charge in [0.2, 0.25) is 5.91 Å². The van der Waals surface area contributed by atoms with Crippen LogP contribution in [0, 0.1) is 5.92 Å². The van der Waals surface area contributed by atoms with E-state index in [1.165, 1.54) is 5.56 Å². The van der Waals surface area contributed by atoms with Crippen molar-refractivity contribution in [1.82, 2.24) is 5.32 Å². The number of rotatable bonds is 1. The maximum atomic E-state index is 12.3. The van der Waals surface area contributed by atoms with Crippen LogP contribution in [0.3, 0.4) is 0 Å². The molecule has 1 amide bonds. The van der Waals surface area contributed by atoms with E-state index in [-0.39, 0.29) is 18.3 Å². The highest BCUT2D eigenvalue weighted by Crippen LogP contribution is 2.35. The van der Waals surface area contributed by atoms with Crippen LogP contribution in [0.4, 0.5) is 5.69 Å². The number of fused-ring (bicyclic) bond motifs is 1. The van der Waals surface area contributed by atoms with Gasteiger partial charge in [-0.2, -0.15) is 0 Å². The summed E-state index contributed by atoms with van der Waals surface area (Å²) in [4.78, 5) is 14.3. The lowest BCUT2D eigenvalue weighted by molar-refractivity contribution is -0.123. The molecular formula is C14H19ClN2O. The van der Waals surface area contributed by atoms with Crippen LogP contribution >= 0.6 is 12.4 Å². The molecule has 0 bridgehead atoms. The summed E-state index contributed by atoms with van der Waals surface area (Å²) in [6.07, 6.45) is 1.07. The standard InChI is InChI=1S/C14H18N2O.ClH/c1-10-6-7-16(14(17)11-8-15-9-11)13-5-3-2-4-12(10)13;/h2-5,10-11,15H,6-9H2,1H3;1H. The molecule has 2 aliphatic heterocycles. The molecule has 3 nitrogen and oxygen atoms in total. The molecule has 3 rings (SSSR count).